The van der Waals surface area contributed by atoms with Gasteiger partial charge in [0.1, 0.15) is 5.00 Å². The van der Waals surface area contributed by atoms with Gasteiger partial charge in [0.25, 0.3) is 5.91 Å². The van der Waals surface area contributed by atoms with Gasteiger partial charge < -0.3 is 15.4 Å². The number of carbonyl (C=O) groups excluding carboxylic acids is 3. The minimum Gasteiger partial charge on any atom is -0.465 e. The van der Waals surface area contributed by atoms with Crippen molar-refractivity contribution in [2.45, 2.75) is 33.1 Å². The molecule has 1 heterocycles. The standard InChI is InChI=1S/C20H22N2O4S/c1-11-4-9-15-16(10-11)27-19(21-12(2)23)17(15)18(24)22-14-7-5-13(6-8-14)20(25)26-3/h5-8,11H,4,9-10H2,1-3H3,(H,21,23)(H,22,24)/t11-/m1/s1. The molecule has 0 radical (unpaired) electrons. The number of fused-ring (bicyclic) bond motifs is 1. The second-order valence-corrected chi connectivity index (χ2v) is 7.87. The lowest BCUT2D eigenvalue weighted by Crippen LogP contribution is -2.18. The molecule has 27 heavy (non-hydrogen) atoms. The van der Waals surface area contributed by atoms with Crippen LogP contribution in [-0.2, 0) is 22.4 Å². The predicted octanol–water partition coefficient (Wildman–Crippen LogP) is 3.87. The van der Waals surface area contributed by atoms with Crippen LogP contribution in [0.4, 0.5) is 10.7 Å². The number of methoxy groups -OCH3 is 1. The highest BCUT2D eigenvalue weighted by Gasteiger charge is 2.28. The minimum atomic E-state index is -0.429. The molecule has 0 bridgehead atoms. The van der Waals surface area contributed by atoms with E-state index in [9.17, 15) is 14.4 Å². The van der Waals surface area contributed by atoms with Gasteiger partial charge in [-0.15, -0.1) is 11.3 Å². The molecule has 0 unspecified atom stereocenters. The fourth-order valence-corrected chi connectivity index (χ4v) is 4.69. The Morgan fingerprint density at radius 3 is 2.48 bits per heavy atom. The molecule has 0 saturated heterocycles. The molecule has 6 nitrogen and oxygen atoms in total. The van der Waals surface area contributed by atoms with Crippen molar-refractivity contribution in [1.82, 2.24) is 0 Å². The fraction of sp³-hybridized carbons (Fsp3) is 0.350. The number of hydrogen-bond acceptors (Lipinski definition) is 5. The number of nitrogens with one attached hydrogen (secondary N) is 2. The lowest BCUT2D eigenvalue weighted by atomic mass is 9.88. The lowest BCUT2D eigenvalue weighted by molar-refractivity contribution is -0.114. The molecule has 3 rings (SSSR count). The smallest absolute Gasteiger partial charge is 0.337 e. The molecule has 1 aromatic heterocycles. The van der Waals surface area contributed by atoms with E-state index in [-0.39, 0.29) is 11.8 Å². The zero-order valence-corrected chi connectivity index (χ0v) is 16.4. The zero-order chi connectivity index (χ0) is 19.6. The molecule has 0 aliphatic heterocycles. The summed E-state index contributed by atoms with van der Waals surface area (Å²) in [7, 11) is 1.32. The zero-order valence-electron chi connectivity index (χ0n) is 15.5. The van der Waals surface area contributed by atoms with Gasteiger partial charge in [-0.1, -0.05) is 6.92 Å². The number of thiophene rings is 1. The normalized spacial score (nSPS) is 15.6. The quantitative estimate of drug-likeness (QED) is 0.781. The monoisotopic (exact) mass is 386 g/mol. The molecule has 1 aliphatic carbocycles. The molecule has 0 fully saturated rings. The number of anilines is 2. The van der Waals surface area contributed by atoms with Crippen LogP contribution in [0.15, 0.2) is 24.3 Å². The molecule has 1 atom stereocenters. The summed E-state index contributed by atoms with van der Waals surface area (Å²) in [4.78, 5) is 37.2. The van der Waals surface area contributed by atoms with E-state index in [1.165, 1.54) is 30.2 Å². The molecule has 2 aromatic rings. The van der Waals surface area contributed by atoms with Gasteiger partial charge in [0.2, 0.25) is 5.91 Å². The van der Waals surface area contributed by atoms with E-state index in [2.05, 4.69) is 22.3 Å². The third kappa shape index (κ3) is 4.19. The molecular weight excluding hydrogens is 364 g/mol. The van der Waals surface area contributed by atoms with Gasteiger partial charge in [0, 0.05) is 17.5 Å². The van der Waals surface area contributed by atoms with Crippen molar-refractivity contribution in [2.75, 3.05) is 17.7 Å². The van der Waals surface area contributed by atoms with Crippen molar-refractivity contribution in [2.24, 2.45) is 5.92 Å². The Morgan fingerprint density at radius 1 is 1.15 bits per heavy atom. The molecule has 1 aromatic carbocycles. The Balaban J connectivity index is 1.87. The molecule has 7 heteroatoms. The van der Waals surface area contributed by atoms with Crippen LogP contribution in [0.2, 0.25) is 0 Å². The van der Waals surface area contributed by atoms with Crippen LogP contribution >= 0.6 is 11.3 Å². The van der Waals surface area contributed by atoms with Crippen LogP contribution in [0, 0.1) is 5.92 Å². The Labute approximate surface area is 161 Å². The Bertz CT molecular complexity index is 886. The maximum atomic E-state index is 13.0. The first-order valence-electron chi connectivity index (χ1n) is 8.81. The van der Waals surface area contributed by atoms with Crippen LogP contribution in [0.25, 0.3) is 0 Å². The summed E-state index contributed by atoms with van der Waals surface area (Å²) < 4.78 is 4.67. The number of amides is 2. The largest absolute Gasteiger partial charge is 0.465 e. The van der Waals surface area contributed by atoms with Gasteiger partial charge in [-0.3, -0.25) is 9.59 Å². The second-order valence-electron chi connectivity index (χ2n) is 6.76. The van der Waals surface area contributed by atoms with Crippen molar-refractivity contribution < 1.29 is 19.1 Å². The average molecular weight is 386 g/mol. The number of ether oxygens (including phenoxy) is 1. The summed E-state index contributed by atoms with van der Waals surface area (Å²) in [6.45, 7) is 3.64. The average Bonchev–Trinajstić information content (AvgIpc) is 2.97. The predicted molar refractivity (Wildman–Crippen MR) is 106 cm³/mol. The van der Waals surface area contributed by atoms with E-state index in [4.69, 9.17) is 0 Å². The Hall–Kier alpha value is -2.67. The molecule has 0 saturated carbocycles. The summed E-state index contributed by atoms with van der Waals surface area (Å²) in [6, 6.07) is 6.51. The number of benzene rings is 1. The van der Waals surface area contributed by atoms with Gasteiger partial charge in [0.05, 0.1) is 18.2 Å². The summed E-state index contributed by atoms with van der Waals surface area (Å²) in [5.41, 5.74) is 2.57. The van der Waals surface area contributed by atoms with Gasteiger partial charge in [-0.05, 0) is 55.0 Å². The topological polar surface area (TPSA) is 84.5 Å². The highest BCUT2D eigenvalue weighted by molar-refractivity contribution is 7.17. The Kier molecular flexibility index (Phi) is 5.60. The number of hydrogen-bond donors (Lipinski definition) is 2. The maximum absolute atomic E-state index is 13.0. The van der Waals surface area contributed by atoms with Crippen LogP contribution in [0.5, 0.6) is 0 Å². The van der Waals surface area contributed by atoms with Gasteiger partial charge in [0.15, 0.2) is 0 Å². The van der Waals surface area contributed by atoms with Gasteiger partial charge >= 0.3 is 5.97 Å². The number of rotatable bonds is 4. The highest BCUT2D eigenvalue weighted by atomic mass is 32.1. The SMILES string of the molecule is COC(=O)c1ccc(NC(=O)c2c(NC(C)=O)sc3c2CC[C@@H](C)C3)cc1. The molecule has 0 spiro atoms. The summed E-state index contributed by atoms with van der Waals surface area (Å²) in [5, 5.41) is 6.27. The third-order valence-corrected chi connectivity index (χ3v) is 5.76. The summed E-state index contributed by atoms with van der Waals surface area (Å²) >= 11 is 1.49. The second kappa shape index (κ2) is 7.92. The molecular formula is C20H22N2O4S. The lowest BCUT2D eigenvalue weighted by Gasteiger charge is -2.18. The van der Waals surface area contributed by atoms with Crippen molar-refractivity contribution in [3.63, 3.8) is 0 Å². The molecule has 2 amide bonds. The van der Waals surface area contributed by atoms with Crippen LogP contribution in [0.3, 0.4) is 0 Å². The van der Waals surface area contributed by atoms with Crippen molar-refractivity contribution in [3.05, 3.63) is 45.8 Å². The van der Waals surface area contributed by atoms with Crippen LogP contribution < -0.4 is 10.6 Å². The van der Waals surface area contributed by atoms with Gasteiger partial charge in [-0.25, -0.2) is 4.79 Å². The molecule has 142 valence electrons. The van der Waals surface area contributed by atoms with Gasteiger partial charge in [-0.2, -0.15) is 0 Å². The van der Waals surface area contributed by atoms with Crippen molar-refractivity contribution in [1.29, 1.82) is 0 Å². The first-order valence-corrected chi connectivity index (χ1v) is 9.62. The summed E-state index contributed by atoms with van der Waals surface area (Å²) in [5.74, 6) is -0.306. The van der Waals surface area contributed by atoms with Crippen molar-refractivity contribution in [3.8, 4) is 0 Å². The third-order valence-electron chi connectivity index (χ3n) is 4.59. The highest BCUT2D eigenvalue weighted by Crippen LogP contribution is 2.40. The van der Waals surface area contributed by atoms with Crippen LogP contribution in [0.1, 0.15) is 51.4 Å². The number of esters is 1. The first kappa shape index (κ1) is 19.1. The van der Waals surface area contributed by atoms with Crippen molar-refractivity contribution >= 4 is 39.8 Å². The van der Waals surface area contributed by atoms with E-state index in [0.29, 0.717) is 27.7 Å². The van der Waals surface area contributed by atoms with Crippen LogP contribution in [-0.4, -0.2) is 24.9 Å². The fourth-order valence-electron chi connectivity index (χ4n) is 3.24. The Morgan fingerprint density at radius 2 is 1.85 bits per heavy atom. The van der Waals surface area contributed by atoms with E-state index < -0.39 is 5.97 Å². The first-order chi connectivity index (χ1) is 12.9. The van der Waals surface area contributed by atoms with E-state index in [1.54, 1.807) is 24.3 Å². The maximum Gasteiger partial charge on any atom is 0.337 e. The molecule has 2 N–H and O–H groups in total. The van der Waals surface area contributed by atoms with E-state index >= 15 is 0 Å². The molecule has 1 aliphatic rings. The minimum absolute atomic E-state index is 0.196. The van der Waals surface area contributed by atoms with E-state index in [0.717, 1.165) is 24.8 Å². The summed E-state index contributed by atoms with van der Waals surface area (Å²) in [6.07, 6.45) is 2.78. The number of carbonyl (C=O) groups is 3. The van der Waals surface area contributed by atoms with E-state index in [1.807, 2.05) is 0 Å².